The van der Waals surface area contributed by atoms with Crippen LogP contribution < -0.4 is 0 Å². The van der Waals surface area contributed by atoms with Crippen molar-refractivity contribution < 1.29 is 9.72 Å². The first-order chi connectivity index (χ1) is 7.13. The van der Waals surface area contributed by atoms with Crippen LogP contribution in [0.5, 0.6) is 0 Å². The molecule has 0 aliphatic rings. The predicted molar refractivity (Wildman–Crippen MR) is 55.4 cm³/mol. The van der Waals surface area contributed by atoms with E-state index in [1.165, 1.54) is 12.1 Å². The molecule has 1 rings (SSSR count). The van der Waals surface area contributed by atoms with E-state index in [-0.39, 0.29) is 12.1 Å². The van der Waals surface area contributed by atoms with Crippen LogP contribution in [0.15, 0.2) is 18.2 Å². The molecule has 0 heterocycles. The Balaban J connectivity index is 3.05. The van der Waals surface area contributed by atoms with Gasteiger partial charge in [-0.05, 0) is 18.6 Å². The van der Waals surface area contributed by atoms with Crippen LogP contribution in [0.2, 0.25) is 0 Å². The van der Waals surface area contributed by atoms with Gasteiger partial charge in [0.25, 0.3) is 5.69 Å². The highest BCUT2D eigenvalue weighted by Gasteiger charge is 2.06. The fourth-order valence-corrected chi connectivity index (χ4v) is 1.14. The molecular weight excluding hydrogens is 194 g/mol. The number of aldehydes is 1. The first-order valence-corrected chi connectivity index (χ1v) is 4.32. The summed E-state index contributed by atoms with van der Waals surface area (Å²) in [6.07, 6.45) is 0.832. The van der Waals surface area contributed by atoms with Gasteiger partial charge in [0.1, 0.15) is 6.29 Å². The molecule has 1 aromatic rings. The number of hydrogen-bond donors (Lipinski definition) is 0. The highest BCUT2D eigenvalue weighted by molar-refractivity contribution is 5.55. The van der Waals surface area contributed by atoms with Crippen molar-refractivity contribution in [3.05, 3.63) is 39.4 Å². The molecule has 76 valence electrons. The molecule has 0 radical (unpaired) electrons. The number of rotatable bonds is 2. The number of nitrogens with zero attached hydrogens (tertiary/aromatic N) is 1. The molecule has 4 heteroatoms. The lowest BCUT2D eigenvalue weighted by atomic mass is 10.1. The van der Waals surface area contributed by atoms with E-state index in [1.807, 2.05) is 0 Å². The Morgan fingerprint density at radius 1 is 1.47 bits per heavy atom. The van der Waals surface area contributed by atoms with Gasteiger partial charge in [-0.1, -0.05) is 11.8 Å². The number of carbonyl (C=O) groups excluding carboxylic acids is 1. The fraction of sp³-hybridized carbons (Fsp3) is 0.182. The molecule has 0 unspecified atom stereocenters. The molecule has 0 atom stereocenters. The third-order valence-electron chi connectivity index (χ3n) is 1.69. The molecule has 0 saturated heterocycles. The highest BCUT2D eigenvalue weighted by atomic mass is 16.6. The topological polar surface area (TPSA) is 60.2 Å². The molecule has 0 N–H and O–H groups in total. The zero-order valence-corrected chi connectivity index (χ0v) is 8.19. The number of benzene rings is 1. The van der Waals surface area contributed by atoms with E-state index in [4.69, 9.17) is 0 Å². The summed E-state index contributed by atoms with van der Waals surface area (Å²) < 4.78 is 0. The standard InChI is InChI=1S/C11H9NO3/c1-9-6-10(4-2-3-5-13)8-11(7-9)12(14)15/h5-8H,3H2,1H3. The van der Waals surface area contributed by atoms with Crippen molar-refractivity contribution in [2.24, 2.45) is 0 Å². The van der Waals surface area contributed by atoms with Gasteiger partial charge >= 0.3 is 0 Å². The van der Waals surface area contributed by atoms with Crippen LogP contribution in [0.3, 0.4) is 0 Å². The molecule has 0 fully saturated rings. The van der Waals surface area contributed by atoms with Gasteiger partial charge in [-0.25, -0.2) is 0 Å². The van der Waals surface area contributed by atoms with Crippen molar-refractivity contribution >= 4 is 12.0 Å². The molecule has 0 bridgehead atoms. The van der Waals surface area contributed by atoms with E-state index >= 15 is 0 Å². The average Bonchev–Trinajstić information content (AvgIpc) is 2.17. The minimum absolute atomic E-state index is 0.0189. The van der Waals surface area contributed by atoms with Gasteiger partial charge < -0.3 is 4.79 Å². The number of aryl methyl sites for hydroxylation is 1. The van der Waals surface area contributed by atoms with Gasteiger partial charge in [0.05, 0.1) is 11.3 Å². The summed E-state index contributed by atoms with van der Waals surface area (Å²) >= 11 is 0. The number of nitro benzene ring substituents is 1. The fourth-order valence-electron chi connectivity index (χ4n) is 1.14. The van der Waals surface area contributed by atoms with E-state index in [0.717, 1.165) is 5.56 Å². The Bertz CT molecular complexity index is 455. The predicted octanol–water partition coefficient (Wildman–Crippen LogP) is 1.84. The van der Waals surface area contributed by atoms with Crippen LogP contribution in [-0.2, 0) is 4.79 Å². The van der Waals surface area contributed by atoms with Gasteiger partial charge in [0.15, 0.2) is 0 Å². The maximum absolute atomic E-state index is 10.5. The monoisotopic (exact) mass is 203 g/mol. The maximum atomic E-state index is 10.5. The van der Waals surface area contributed by atoms with Gasteiger partial charge in [-0.2, -0.15) is 0 Å². The van der Waals surface area contributed by atoms with E-state index < -0.39 is 4.92 Å². The highest BCUT2D eigenvalue weighted by Crippen LogP contribution is 2.15. The molecule has 0 spiro atoms. The van der Waals surface area contributed by atoms with Crippen LogP contribution in [0.4, 0.5) is 5.69 Å². The quantitative estimate of drug-likeness (QED) is 0.319. The van der Waals surface area contributed by atoms with Gasteiger partial charge in [0, 0.05) is 17.7 Å². The second kappa shape index (κ2) is 4.91. The average molecular weight is 203 g/mol. The zero-order valence-electron chi connectivity index (χ0n) is 8.19. The first kappa shape index (κ1) is 10.9. The Hall–Kier alpha value is -2.15. The Kier molecular flexibility index (Phi) is 3.58. The second-order valence-electron chi connectivity index (χ2n) is 2.99. The largest absolute Gasteiger partial charge is 0.302 e. The summed E-state index contributed by atoms with van der Waals surface area (Å²) in [6.45, 7) is 1.76. The first-order valence-electron chi connectivity index (χ1n) is 4.32. The van der Waals surface area contributed by atoms with E-state index in [1.54, 1.807) is 13.0 Å². The molecular formula is C11H9NO3. The lowest BCUT2D eigenvalue weighted by Gasteiger charge is -1.95. The minimum atomic E-state index is -0.460. The smallest absolute Gasteiger partial charge is 0.270 e. The van der Waals surface area contributed by atoms with Crippen molar-refractivity contribution in [2.75, 3.05) is 0 Å². The summed E-state index contributed by atoms with van der Waals surface area (Å²) in [5, 5.41) is 10.5. The van der Waals surface area contributed by atoms with Crippen molar-refractivity contribution in [3.8, 4) is 11.8 Å². The summed E-state index contributed by atoms with van der Waals surface area (Å²) in [7, 11) is 0. The van der Waals surface area contributed by atoms with Gasteiger partial charge in [-0.15, -0.1) is 0 Å². The second-order valence-corrected chi connectivity index (χ2v) is 2.99. The number of non-ortho nitro benzene ring substituents is 1. The minimum Gasteiger partial charge on any atom is -0.302 e. The molecule has 0 aliphatic carbocycles. The van der Waals surface area contributed by atoms with Crippen molar-refractivity contribution in [1.82, 2.24) is 0 Å². The zero-order chi connectivity index (χ0) is 11.3. The van der Waals surface area contributed by atoms with Crippen molar-refractivity contribution in [3.63, 3.8) is 0 Å². The summed E-state index contributed by atoms with van der Waals surface area (Å²) in [5.41, 5.74) is 1.36. The van der Waals surface area contributed by atoms with Gasteiger partial charge in [-0.3, -0.25) is 10.1 Å². The molecule has 0 aliphatic heterocycles. The summed E-state index contributed by atoms with van der Waals surface area (Å²) in [5.74, 6) is 5.30. The van der Waals surface area contributed by atoms with Crippen molar-refractivity contribution in [1.29, 1.82) is 0 Å². The Labute approximate surface area is 87.1 Å². The van der Waals surface area contributed by atoms with Crippen LogP contribution in [0, 0.1) is 28.9 Å². The van der Waals surface area contributed by atoms with Gasteiger partial charge in [0.2, 0.25) is 0 Å². The molecule has 0 saturated carbocycles. The van der Waals surface area contributed by atoms with Crippen LogP contribution in [0.1, 0.15) is 17.5 Å². The third kappa shape index (κ3) is 3.24. The van der Waals surface area contributed by atoms with E-state index in [0.29, 0.717) is 11.8 Å². The molecule has 1 aromatic carbocycles. The number of carbonyl (C=O) groups is 1. The molecule has 0 aromatic heterocycles. The summed E-state index contributed by atoms with van der Waals surface area (Å²) in [6, 6.07) is 4.61. The third-order valence-corrected chi connectivity index (χ3v) is 1.69. The Morgan fingerprint density at radius 2 is 2.20 bits per heavy atom. The Morgan fingerprint density at radius 3 is 2.80 bits per heavy atom. The maximum Gasteiger partial charge on any atom is 0.270 e. The number of nitro groups is 1. The molecule has 0 amide bonds. The number of hydrogen-bond acceptors (Lipinski definition) is 3. The lowest BCUT2D eigenvalue weighted by molar-refractivity contribution is -0.384. The molecule has 4 nitrogen and oxygen atoms in total. The SMILES string of the molecule is Cc1cc(C#CCC=O)cc([N+](=O)[O-])c1. The van der Waals surface area contributed by atoms with E-state index in [9.17, 15) is 14.9 Å². The van der Waals surface area contributed by atoms with Crippen molar-refractivity contribution in [2.45, 2.75) is 13.3 Å². The lowest BCUT2D eigenvalue weighted by Crippen LogP contribution is -1.90. The van der Waals surface area contributed by atoms with E-state index in [2.05, 4.69) is 11.8 Å². The molecule has 15 heavy (non-hydrogen) atoms. The summed E-state index contributed by atoms with van der Waals surface area (Å²) in [4.78, 5) is 20.1. The van der Waals surface area contributed by atoms with Crippen LogP contribution >= 0.6 is 0 Å². The van der Waals surface area contributed by atoms with Crippen LogP contribution in [-0.4, -0.2) is 11.2 Å². The normalized spacial score (nSPS) is 8.87. The van der Waals surface area contributed by atoms with Crippen LogP contribution in [0.25, 0.3) is 0 Å².